The zero-order valence-electron chi connectivity index (χ0n) is 11.6. The van der Waals surface area contributed by atoms with Crippen molar-refractivity contribution in [3.63, 3.8) is 0 Å². The van der Waals surface area contributed by atoms with Crippen molar-refractivity contribution in [2.45, 2.75) is 19.9 Å². The summed E-state index contributed by atoms with van der Waals surface area (Å²) in [6.45, 7) is 3.91. The second-order valence-corrected chi connectivity index (χ2v) is 8.68. The van der Waals surface area contributed by atoms with Gasteiger partial charge in [-0.15, -0.1) is 34.0 Å². The van der Waals surface area contributed by atoms with E-state index in [9.17, 15) is 0 Å². The molecule has 3 aromatic rings. The predicted molar refractivity (Wildman–Crippen MR) is 94.9 cm³/mol. The molecule has 0 saturated heterocycles. The molecular formula is C15H15ClN2S3. The van der Waals surface area contributed by atoms with Gasteiger partial charge in [-0.1, -0.05) is 11.6 Å². The van der Waals surface area contributed by atoms with Gasteiger partial charge in [-0.25, -0.2) is 4.98 Å². The fraction of sp³-hybridized carbons (Fsp3) is 0.267. The van der Waals surface area contributed by atoms with Crippen molar-refractivity contribution in [3.05, 3.63) is 48.7 Å². The van der Waals surface area contributed by atoms with Crippen LogP contribution in [0.2, 0.25) is 4.34 Å². The molecule has 1 N–H and O–H groups in total. The molecule has 110 valence electrons. The first-order valence-electron chi connectivity index (χ1n) is 6.67. The van der Waals surface area contributed by atoms with E-state index in [4.69, 9.17) is 11.6 Å². The summed E-state index contributed by atoms with van der Waals surface area (Å²) in [4.78, 5) is 8.48. The van der Waals surface area contributed by atoms with Gasteiger partial charge in [0.05, 0.1) is 19.9 Å². The van der Waals surface area contributed by atoms with Crippen LogP contribution in [0, 0.1) is 6.92 Å². The van der Waals surface area contributed by atoms with Crippen molar-refractivity contribution in [2.24, 2.45) is 0 Å². The summed E-state index contributed by atoms with van der Waals surface area (Å²) >= 11 is 11.1. The number of nitrogens with one attached hydrogen (secondary N) is 1. The SMILES string of the molecule is Cc1nc(-c2ccc(CCNCc3ccc(Cl)s3)s2)cs1. The number of thiazole rings is 1. The summed E-state index contributed by atoms with van der Waals surface area (Å²) in [5, 5.41) is 6.71. The topological polar surface area (TPSA) is 24.9 Å². The molecule has 0 saturated carbocycles. The third-order valence-corrected chi connectivity index (χ3v) is 6.18. The first-order chi connectivity index (χ1) is 10.2. The Morgan fingerprint density at radius 3 is 2.71 bits per heavy atom. The number of halogens is 1. The molecule has 0 bridgehead atoms. The van der Waals surface area contributed by atoms with Crippen LogP contribution in [0.1, 0.15) is 14.8 Å². The summed E-state index contributed by atoms with van der Waals surface area (Å²) < 4.78 is 0.855. The molecule has 2 nitrogen and oxygen atoms in total. The number of hydrogen-bond acceptors (Lipinski definition) is 5. The van der Waals surface area contributed by atoms with E-state index in [1.165, 1.54) is 14.6 Å². The molecule has 0 unspecified atom stereocenters. The van der Waals surface area contributed by atoms with Gasteiger partial charge in [0.15, 0.2) is 0 Å². The number of thiophene rings is 2. The second-order valence-electron chi connectivity index (χ2n) is 4.65. The fourth-order valence-corrected chi connectivity index (χ4v) is 4.71. The van der Waals surface area contributed by atoms with Gasteiger partial charge in [0.2, 0.25) is 0 Å². The molecule has 21 heavy (non-hydrogen) atoms. The van der Waals surface area contributed by atoms with E-state index < -0.39 is 0 Å². The largest absolute Gasteiger partial charge is 0.311 e. The van der Waals surface area contributed by atoms with E-state index in [1.807, 2.05) is 24.3 Å². The Labute approximate surface area is 141 Å². The van der Waals surface area contributed by atoms with Crippen molar-refractivity contribution in [1.82, 2.24) is 10.3 Å². The smallest absolute Gasteiger partial charge is 0.0931 e. The Balaban J connectivity index is 1.49. The van der Waals surface area contributed by atoms with Gasteiger partial charge in [0.25, 0.3) is 0 Å². The van der Waals surface area contributed by atoms with E-state index in [2.05, 4.69) is 33.9 Å². The standard InChI is InChI=1S/C15H15ClN2S3/c1-10-18-13(9-19-10)14-4-2-11(20-14)6-7-17-8-12-3-5-15(16)21-12/h2-5,9,17H,6-8H2,1H3. The molecule has 0 aliphatic carbocycles. The molecule has 3 aromatic heterocycles. The van der Waals surface area contributed by atoms with Crippen LogP contribution < -0.4 is 5.32 Å². The highest BCUT2D eigenvalue weighted by molar-refractivity contribution is 7.16. The first kappa shape index (κ1) is 15.2. The van der Waals surface area contributed by atoms with Crippen molar-refractivity contribution < 1.29 is 0 Å². The first-order valence-corrected chi connectivity index (χ1v) is 9.56. The number of aryl methyl sites for hydroxylation is 1. The minimum Gasteiger partial charge on any atom is -0.311 e. The van der Waals surface area contributed by atoms with Crippen molar-refractivity contribution in [1.29, 1.82) is 0 Å². The van der Waals surface area contributed by atoms with Crippen molar-refractivity contribution in [2.75, 3.05) is 6.54 Å². The van der Waals surface area contributed by atoms with Gasteiger partial charge in [-0.05, 0) is 37.6 Å². The van der Waals surface area contributed by atoms with Gasteiger partial charge in [0.1, 0.15) is 0 Å². The summed E-state index contributed by atoms with van der Waals surface area (Å²) in [7, 11) is 0. The van der Waals surface area contributed by atoms with Crippen LogP contribution >= 0.6 is 45.6 Å². The maximum atomic E-state index is 5.92. The average molecular weight is 355 g/mol. The number of aromatic nitrogens is 1. The number of nitrogens with zero attached hydrogens (tertiary/aromatic N) is 1. The quantitative estimate of drug-likeness (QED) is 0.613. The van der Waals surface area contributed by atoms with Gasteiger partial charge in [-0.2, -0.15) is 0 Å². The molecule has 0 spiro atoms. The highest BCUT2D eigenvalue weighted by atomic mass is 35.5. The fourth-order valence-electron chi connectivity index (χ4n) is 2.00. The van der Waals surface area contributed by atoms with E-state index in [0.717, 1.165) is 34.5 Å². The molecule has 0 aliphatic heterocycles. The lowest BCUT2D eigenvalue weighted by atomic mass is 10.3. The molecule has 0 amide bonds. The third-order valence-electron chi connectivity index (χ3n) is 3.01. The molecule has 3 rings (SSSR count). The van der Waals surface area contributed by atoms with Crippen LogP contribution in [0.5, 0.6) is 0 Å². The van der Waals surface area contributed by atoms with Crippen LogP contribution in [-0.4, -0.2) is 11.5 Å². The number of hydrogen-bond donors (Lipinski definition) is 1. The Hall–Kier alpha value is -0.720. The zero-order chi connectivity index (χ0) is 14.7. The summed E-state index contributed by atoms with van der Waals surface area (Å²) in [6, 6.07) is 8.41. The summed E-state index contributed by atoms with van der Waals surface area (Å²) in [5.74, 6) is 0. The van der Waals surface area contributed by atoms with Gasteiger partial charge >= 0.3 is 0 Å². The Morgan fingerprint density at radius 1 is 1.14 bits per heavy atom. The van der Waals surface area contributed by atoms with E-state index in [-0.39, 0.29) is 0 Å². The molecule has 0 atom stereocenters. The summed E-state index contributed by atoms with van der Waals surface area (Å²) in [5.41, 5.74) is 1.11. The van der Waals surface area contributed by atoms with Gasteiger partial charge < -0.3 is 5.32 Å². The molecule has 0 aliphatic rings. The molecule has 6 heteroatoms. The zero-order valence-corrected chi connectivity index (χ0v) is 14.8. The Bertz CT molecular complexity index is 714. The van der Waals surface area contributed by atoms with Crippen LogP contribution in [0.25, 0.3) is 10.6 Å². The molecule has 3 heterocycles. The predicted octanol–water partition coefficient (Wildman–Crippen LogP) is 5.23. The van der Waals surface area contributed by atoms with E-state index in [0.29, 0.717) is 0 Å². The van der Waals surface area contributed by atoms with Crippen molar-refractivity contribution >= 4 is 45.6 Å². The third kappa shape index (κ3) is 4.14. The normalized spacial score (nSPS) is 11.1. The second kappa shape index (κ2) is 7.03. The highest BCUT2D eigenvalue weighted by Gasteiger charge is 2.06. The lowest BCUT2D eigenvalue weighted by molar-refractivity contribution is 0.697. The highest BCUT2D eigenvalue weighted by Crippen LogP contribution is 2.29. The Kier molecular flexibility index (Phi) is 5.08. The summed E-state index contributed by atoms with van der Waals surface area (Å²) in [6.07, 6.45) is 1.05. The lowest BCUT2D eigenvalue weighted by Gasteiger charge is -2.01. The average Bonchev–Trinajstić information content (AvgIpc) is 3.16. The monoisotopic (exact) mass is 354 g/mol. The minimum absolute atomic E-state index is 0.855. The van der Waals surface area contributed by atoms with Crippen molar-refractivity contribution in [3.8, 4) is 10.6 Å². The Morgan fingerprint density at radius 2 is 2.00 bits per heavy atom. The van der Waals surface area contributed by atoms with E-state index in [1.54, 1.807) is 22.7 Å². The van der Waals surface area contributed by atoms with Crippen LogP contribution in [0.15, 0.2) is 29.6 Å². The maximum absolute atomic E-state index is 5.92. The van der Waals surface area contributed by atoms with Gasteiger partial charge in [0, 0.05) is 28.2 Å². The molecule has 0 fully saturated rings. The number of rotatable bonds is 6. The molecule has 0 aromatic carbocycles. The lowest BCUT2D eigenvalue weighted by Crippen LogP contribution is -2.15. The molecular weight excluding hydrogens is 340 g/mol. The van der Waals surface area contributed by atoms with Crippen LogP contribution in [0.4, 0.5) is 0 Å². The molecule has 0 radical (unpaired) electrons. The van der Waals surface area contributed by atoms with Gasteiger partial charge in [-0.3, -0.25) is 0 Å². The van der Waals surface area contributed by atoms with E-state index >= 15 is 0 Å². The van der Waals surface area contributed by atoms with Crippen LogP contribution in [0.3, 0.4) is 0 Å². The van der Waals surface area contributed by atoms with Crippen LogP contribution in [-0.2, 0) is 13.0 Å². The maximum Gasteiger partial charge on any atom is 0.0931 e. The minimum atomic E-state index is 0.855.